The van der Waals surface area contributed by atoms with E-state index in [0.717, 1.165) is 10.4 Å². The van der Waals surface area contributed by atoms with Crippen LogP contribution in [0.3, 0.4) is 0 Å². The molecule has 0 amide bonds. The lowest BCUT2D eigenvalue weighted by Crippen LogP contribution is -2.33. The van der Waals surface area contributed by atoms with Gasteiger partial charge in [0.05, 0.1) is 16.9 Å². The molecule has 0 radical (unpaired) electrons. The zero-order valence-electron chi connectivity index (χ0n) is 22.3. The van der Waals surface area contributed by atoms with Gasteiger partial charge in [0.15, 0.2) is 23.3 Å². The molecule has 3 N–H and O–H groups in total. The van der Waals surface area contributed by atoms with E-state index >= 15 is 0 Å². The Morgan fingerprint density at radius 2 is 1.53 bits per heavy atom. The molecule has 224 valence electrons. The lowest BCUT2D eigenvalue weighted by atomic mass is 10.1. The second kappa shape index (κ2) is 12.4. The topological polar surface area (TPSA) is 110 Å². The molecule has 1 atom stereocenters. The number of halogens is 5. The standard InChI is InChI=1S/C29H24F5N5O3S/c30-23-21(24(31)26(33)27(34)25(23)32)7-4-14-43(40,41)39-13-12-18(15-39)38-29-22(28(35)36-16-37-29)17-8-10-20(11-9-17)42-19-5-2-1-3-6-19/h1-11,16,18H,12-15H2,(H3,35,36,37,38)/t18-/m1/s1. The minimum absolute atomic E-state index is 0.0336. The van der Waals surface area contributed by atoms with Crippen molar-refractivity contribution in [2.45, 2.75) is 12.5 Å². The zero-order valence-corrected chi connectivity index (χ0v) is 23.1. The van der Waals surface area contributed by atoms with Crippen LogP contribution in [0.5, 0.6) is 11.5 Å². The third-order valence-electron chi connectivity index (χ3n) is 6.72. The molecule has 8 nitrogen and oxygen atoms in total. The molecule has 5 rings (SSSR count). The molecule has 1 aliphatic rings. The van der Waals surface area contributed by atoms with Crippen LogP contribution in [0.1, 0.15) is 12.0 Å². The second-order valence-corrected chi connectivity index (χ2v) is 11.6. The number of rotatable bonds is 9. The summed E-state index contributed by atoms with van der Waals surface area (Å²) >= 11 is 0. The van der Waals surface area contributed by atoms with Gasteiger partial charge in [-0.15, -0.1) is 0 Å². The molecule has 1 fully saturated rings. The quantitative estimate of drug-likeness (QED) is 0.140. The zero-order chi connectivity index (χ0) is 30.7. The molecule has 1 aromatic heterocycles. The van der Waals surface area contributed by atoms with Gasteiger partial charge >= 0.3 is 0 Å². The summed E-state index contributed by atoms with van der Waals surface area (Å²) < 4.78 is 101. The van der Waals surface area contributed by atoms with Crippen molar-refractivity contribution < 1.29 is 35.1 Å². The summed E-state index contributed by atoms with van der Waals surface area (Å²) in [5.74, 6) is -9.47. The van der Waals surface area contributed by atoms with Crippen LogP contribution in [-0.4, -0.2) is 47.6 Å². The van der Waals surface area contributed by atoms with E-state index in [2.05, 4.69) is 15.3 Å². The number of nitrogens with zero attached hydrogens (tertiary/aromatic N) is 3. The van der Waals surface area contributed by atoms with E-state index < -0.39 is 50.4 Å². The molecule has 1 saturated heterocycles. The summed E-state index contributed by atoms with van der Waals surface area (Å²) in [5, 5.41) is 3.22. The molecular formula is C29H24F5N5O3S. The van der Waals surface area contributed by atoms with Crippen LogP contribution < -0.4 is 15.8 Å². The van der Waals surface area contributed by atoms with E-state index in [-0.39, 0.29) is 24.9 Å². The summed E-state index contributed by atoms with van der Waals surface area (Å²) in [6, 6.07) is 16.0. The Hall–Kier alpha value is -4.56. The molecule has 3 aromatic carbocycles. The summed E-state index contributed by atoms with van der Waals surface area (Å²) in [6.45, 7) is 0.156. The Balaban J connectivity index is 1.26. The number of hydrogen-bond acceptors (Lipinski definition) is 7. The average Bonchev–Trinajstić information content (AvgIpc) is 3.48. The van der Waals surface area contributed by atoms with Crippen molar-refractivity contribution in [3.8, 4) is 22.6 Å². The number of ether oxygens (including phenoxy) is 1. The fourth-order valence-corrected chi connectivity index (χ4v) is 5.90. The Morgan fingerprint density at radius 1 is 0.907 bits per heavy atom. The average molecular weight is 618 g/mol. The van der Waals surface area contributed by atoms with Gasteiger partial charge < -0.3 is 15.8 Å². The molecule has 0 saturated carbocycles. The number of nitrogens with one attached hydrogen (secondary N) is 1. The molecule has 2 heterocycles. The maximum absolute atomic E-state index is 13.9. The summed E-state index contributed by atoms with van der Waals surface area (Å²) in [5.41, 5.74) is 6.17. The van der Waals surface area contributed by atoms with E-state index in [4.69, 9.17) is 10.5 Å². The maximum atomic E-state index is 13.9. The van der Waals surface area contributed by atoms with Gasteiger partial charge in [-0.25, -0.2) is 40.3 Å². The molecule has 14 heteroatoms. The van der Waals surface area contributed by atoms with Crippen molar-refractivity contribution in [2.24, 2.45) is 0 Å². The van der Waals surface area contributed by atoms with Gasteiger partial charge in [0.2, 0.25) is 15.8 Å². The molecule has 0 spiro atoms. The van der Waals surface area contributed by atoms with E-state index in [1.807, 2.05) is 30.3 Å². The number of sulfonamides is 1. The van der Waals surface area contributed by atoms with E-state index in [1.165, 1.54) is 6.33 Å². The lowest BCUT2D eigenvalue weighted by Gasteiger charge is -2.19. The first-order valence-electron chi connectivity index (χ1n) is 12.9. The molecule has 4 aromatic rings. The van der Waals surface area contributed by atoms with Crippen molar-refractivity contribution in [3.05, 3.63) is 102 Å². The third-order valence-corrected chi connectivity index (χ3v) is 8.45. The van der Waals surface area contributed by atoms with Gasteiger partial charge in [0, 0.05) is 19.1 Å². The first kappa shape index (κ1) is 29.9. The van der Waals surface area contributed by atoms with Crippen molar-refractivity contribution in [3.63, 3.8) is 0 Å². The van der Waals surface area contributed by atoms with Crippen LogP contribution >= 0.6 is 0 Å². The van der Waals surface area contributed by atoms with Gasteiger partial charge in [-0.1, -0.05) is 42.5 Å². The molecule has 43 heavy (non-hydrogen) atoms. The Morgan fingerprint density at radius 3 is 2.21 bits per heavy atom. The van der Waals surface area contributed by atoms with Gasteiger partial charge in [-0.05, 0) is 36.2 Å². The van der Waals surface area contributed by atoms with Crippen LogP contribution in [0.15, 0.2) is 67.0 Å². The van der Waals surface area contributed by atoms with Crippen LogP contribution in [0, 0.1) is 29.1 Å². The molecule has 1 aliphatic heterocycles. The van der Waals surface area contributed by atoms with Crippen LogP contribution in [0.25, 0.3) is 17.2 Å². The van der Waals surface area contributed by atoms with Gasteiger partial charge in [0.25, 0.3) is 0 Å². The number of nitrogen functional groups attached to an aromatic ring is 1. The summed E-state index contributed by atoms with van der Waals surface area (Å²) in [4.78, 5) is 8.39. The van der Waals surface area contributed by atoms with Crippen LogP contribution in [-0.2, 0) is 10.0 Å². The lowest BCUT2D eigenvalue weighted by molar-refractivity contribution is 0.377. The number of aromatic nitrogens is 2. The number of hydrogen-bond donors (Lipinski definition) is 2. The minimum atomic E-state index is -3.98. The van der Waals surface area contributed by atoms with E-state index in [9.17, 15) is 30.4 Å². The summed E-state index contributed by atoms with van der Waals surface area (Å²) in [7, 11) is -3.98. The minimum Gasteiger partial charge on any atom is -0.457 e. The highest BCUT2D eigenvalue weighted by molar-refractivity contribution is 7.89. The second-order valence-electron chi connectivity index (χ2n) is 9.57. The molecule has 0 bridgehead atoms. The maximum Gasteiger partial charge on any atom is 0.217 e. The summed E-state index contributed by atoms with van der Waals surface area (Å²) in [6.07, 6.45) is 3.07. The van der Waals surface area contributed by atoms with E-state index in [1.54, 1.807) is 24.3 Å². The van der Waals surface area contributed by atoms with Crippen molar-refractivity contribution >= 4 is 27.7 Å². The van der Waals surface area contributed by atoms with Crippen molar-refractivity contribution in [1.29, 1.82) is 0 Å². The van der Waals surface area contributed by atoms with Gasteiger partial charge in [-0.3, -0.25) is 0 Å². The predicted octanol–water partition coefficient (Wildman–Crippen LogP) is 5.74. The Labute approximate surface area is 243 Å². The molecule has 0 aliphatic carbocycles. The molecular weight excluding hydrogens is 593 g/mol. The molecule has 0 unspecified atom stereocenters. The predicted molar refractivity (Wildman–Crippen MR) is 151 cm³/mol. The van der Waals surface area contributed by atoms with E-state index in [0.29, 0.717) is 40.9 Å². The number of para-hydroxylation sites is 1. The number of nitrogens with two attached hydrogens (primary N) is 1. The first-order valence-corrected chi connectivity index (χ1v) is 14.5. The third kappa shape index (κ3) is 6.44. The van der Waals surface area contributed by atoms with Gasteiger partial charge in [-0.2, -0.15) is 4.31 Å². The highest BCUT2D eigenvalue weighted by Gasteiger charge is 2.32. The Kier molecular flexibility index (Phi) is 8.59. The Bertz CT molecular complexity index is 1740. The SMILES string of the molecule is Nc1ncnc(N[C@@H]2CCN(S(=O)(=O)CC=Cc3c(F)c(F)c(F)c(F)c3F)C2)c1-c1ccc(Oc2ccccc2)cc1. The van der Waals surface area contributed by atoms with Crippen molar-refractivity contribution in [2.75, 3.05) is 29.9 Å². The number of anilines is 2. The fraction of sp³-hybridized carbons (Fsp3) is 0.172. The highest BCUT2D eigenvalue weighted by atomic mass is 32.2. The number of benzene rings is 3. The normalized spacial score (nSPS) is 15.7. The van der Waals surface area contributed by atoms with Crippen LogP contribution in [0.4, 0.5) is 33.6 Å². The first-order chi connectivity index (χ1) is 20.5. The smallest absolute Gasteiger partial charge is 0.217 e. The van der Waals surface area contributed by atoms with Crippen molar-refractivity contribution in [1.82, 2.24) is 14.3 Å². The highest BCUT2D eigenvalue weighted by Crippen LogP contribution is 2.34. The monoisotopic (exact) mass is 617 g/mol. The van der Waals surface area contributed by atoms with Crippen LogP contribution in [0.2, 0.25) is 0 Å². The fourth-order valence-electron chi connectivity index (χ4n) is 4.56. The largest absolute Gasteiger partial charge is 0.457 e. The van der Waals surface area contributed by atoms with Gasteiger partial charge in [0.1, 0.15) is 29.5 Å².